The molecule has 9 heavy (non-hydrogen) atoms. The van der Waals surface area contributed by atoms with Gasteiger partial charge in [0.25, 0.3) is 0 Å². The zero-order valence-electron chi connectivity index (χ0n) is 4.15. The first-order valence-electron chi connectivity index (χ1n) is 1.87. The topological polar surface area (TPSA) is 66.8 Å². The van der Waals surface area contributed by atoms with E-state index in [4.69, 9.17) is 9.79 Å². The minimum absolute atomic E-state index is 0. The Bertz CT molecular complexity index is 119. The van der Waals surface area contributed by atoms with Crippen molar-refractivity contribution in [1.82, 2.24) is 0 Å². The van der Waals surface area contributed by atoms with Gasteiger partial charge in [0.2, 0.25) is 0 Å². The quantitative estimate of drug-likeness (QED) is 0.337. The fraction of sp³-hybridized carbons (Fsp3) is 0.333. The van der Waals surface area contributed by atoms with Crippen LogP contribution in [-0.4, -0.2) is 46.0 Å². The first-order valence-corrected chi connectivity index (χ1v) is 3.40. The van der Waals surface area contributed by atoms with Gasteiger partial charge >= 0.3 is 37.4 Å². The maximum atomic E-state index is 9.81. The molecule has 0 aromatic heterocycles. The van der Waals surface area contributed by atoms with Crippen LogP contribution in [0.4, 0.5) is 0 Å². The number of hydrogen-bond donors (Lipinski definition) is 2. The molecule has 0 rings (SSSR count). The SMILES string of the molecule is C=CCOP(=O)(O)O.[NaH]. The molecule has 0 atom stereocenters. The summed E-state index contributed by atoms with van der Waals surface area (Å²) in [6.07, 6.45) is 1.26. The summed E-state index contributed by atoms with van der Waals surface area (Å²) in [6.45, 7) is 3.07. The molecule has 4 nitrogen and oxygen atoms in total. The van der Waals surface area contributed by atoms with Gasteiger partial charge in [-0.15, -0.1) is 6.58 Å². The van der Waals surface area contributed by atoms with Crippen LogP contribution in [0.25, 0.3) is 0 Å². The Labute approximate surface area is 75.4 Å². The molecule has 0 aromatic carbocycles. The molecule has 6 heteroatoms. The van der Waals surface area contributed by atoms with Gasteiger partial charge in [-0.25, -0.2) is 4.57 Å². The van der Waals surface area contributed by atoms with Gasteiger partial charge in [-0.2, -0.15) is 0 Å². The number of phosphoric acid groups is 1. The van der Waals surface area contributed by atoms with Crippen molar-refractivity contribution in [2.24, 2.45) is 0 Å². The Morgan fingerprint density at radius 3 is 2.22 bits per heavy atom. The van der Waals surface area contributed by atoms with Crippen molar-refractivity contribution in [3.05, 3.63) is 12.7 Å². The Morgan fingerprint density at radius 2 is 2.11 bits per heavy atom. The van der Waals surface area contributed by atoms with Crippen molar-refractivity contribution in [3.63, 3.8) is 0 Å². The first-order chi connectivity index (χ1) is 3.56. The standard InChI is InChI=1S/C3H7O4P.Na.H/c1-2-3-7-8(4,5)6;;/h2H,1,3H2,(H2,4,5,6);;. The molecule has 0 saturated carbocycles. The Morgan fingerprint density at radius 1 is 1.67 bits per heavy atom. The van der Waals surface area contributed by atoms with E-state index in [0.29, 0.717) is 0 Å². The second kappa shape index (κ2) is 5.62. The van der Waals surface area contributed by atoms with E-state index in [2.05, 4.69) is 11.1 Å². The van der Waals surface area contributed by atoms with Crippen LogP contribution >= 0.6 is 7.82 Å². The van der Waals surface area contributed by atoms with E-state index >= 15 is 0 Å². The molecule has 0 amide bonds. The molecule has 50 valence electrons. The van der Waals surface area contributed by atoms with Crippen LogP contribution in [-0.2, 0) is 9.09 Å². The van der Waals surface area contributed by atoms with E-state index in [9.17, 15) is 4.57 Å². The molecule has 0 heterocycles. The van der Waals surface area contributed by atoms with Crippen molar-refractivity contribution in [3.8, 4) is 0 Å². The van der Waals surface area contributed by atoms with Crippen LogP contribution in [0.15, 0.2) is 12.7 Å². The van der Waals surface area contributed by atoms with Crippen molar-refractivity contribution in [2.75, 3.05) is 6.61 Å². The van der Waals surface area contributed by atoms with E-state index in [0.717, 1.165) is 0 Å². The van der Waals surface area contributed by atoms with Gasteiger partial charge in [0.15, 0.2) is 0 Å². The van der Waals surface area contributed by atoms with E-state index in [1.54, 1.807) is 0 Å². The molecular formula is C3H8NaO4P. The summed E-state index contributed by atoms with van der Waals surface area (Å²) >= 11 is 0. The van der Waals surface area contributed by atoms with Gasteiger partial charge in [0, 0.05) is 0 Å². The third kappa shape index (κ3) is 12.1. The van der Waals surface area contributed by atoms with Crippen molar-refractivity contribution in [1.29, 1.82) is 0 Å². The summed E-state index contributed by atoms with van der Waals surface area (Å²) in [5.74, 6) is 0. The molecule has 0 unspecified atom stereocenters. The van der Waals surface area contributed by atoms with E-state index in [1.165, 1.54) is 6.08 Å². The zero-order chi connectivity index (χ0) is 6.62. The molecule has 0 aromatic rings. The van der Waals surface area contributed by atoms with Gasteiger partial charge in [-0.05, 0) is 0 Å². The normalized spacial score (nSPS) is 10.0. The van der Waals surface area contributed by atoms with Crippen LogP contribution < -0.4 is 0 Å². The van der Waals surface area contributed by atoms with Crippen LogP contribution in [0.2, 0.25) is 0 Å². The fourth-order valence-corrected chi connectivity index (χ4v) is 0.449. The molecule has 2 N–H and O–H groups in total. The number of rotatable bonds is 3. The Balaban J connectivity index is 0. The second-order valence-corrected chi connectivity index (χ2v) is 2.31. The summed E-state index contributed by atoms with van der Waals surface area (Å²) < 4.78 is 13.7. The zero-order valence-corrected chi connectivity index (χ0v) is 5.04. The second-order valence-electron chi connectivity index (χ2n) is 1.08. The number of phosphoric ester groups is 1. The maximum absolute atomic E-state index is 9.81. The molecule has 0 spiro atoms. The van der Waals surface area contributed by atoms with Gasteiger partial charge in [0.1, 0.15) is 0 Å². The van der Waals surface area contributed by atoms with E-state index in [-0.39, 0.29) is 36.2 Å². The summed E-state index contributed by atoms with van der Waals surface area (Å²) in [5.41, 5.74) is 0. The number of hydrogen-bond acceptors (Lipinski definition) is 2. The summed E-state index contributed by atoms with van der Waals surface area (Å²) in [4.78, 5) is 16.0. The fourth-order valence-electron chi connectivity index (χ4n) is 0.150. The molecule has 0 aliphatic rings. The van der Waals surface area contributed by atoms with E-state index < -0.39 is 7.82 Å². The summed E-state index contributed by atoms with van der Waals surface area (Å²) in [5, 5.41) is 0. The van der Waals surface area contributed by atoms with Gasteiger partial charge < -0.3 is 9.79 Å². The van der Waals surface area contributed by atoms with Crippen LogP contribution in [0.3, 0.4) is 0 Å². The third-order valence-electron chi connectivity index (χ3n) is 0.361. The Hall–Kier alpha value is 0.850. The molecule has 0 aliphatic carbocycles. The monoisotopic (exact) mass is 162 g/mol. The molecule has 0 bridgehead atoms. The molecule has 0 saturated heterocycles. The van der Waals surface area contributed by atoms with Gasteiger partial charge in [0.05, 0.1) is 6.61 Å². The summed E-state index contributed by atoms with van der Waals surface area (Å²) in [7, 11) is -4.25. The summed E-state index contributed by atoms with van der Waals surface area (Å²) in [6, 6.07) is 0. The predicted octanol–water partition coefficient (Wildman–Crippen LogP) is -0.367. The van der Waals surface area contributed by atoms with E-state index in [1.807, 2.05) is 0 Å². The van der Waals surface area contributed by atoms with Crippen LogP contribution in [0.5, 0.6) is 0 Å². The molecular weight excluding hydrogens is 154 g/mol. The van der Waals surface area contributed by atoms with Crippen molar-refractivity contribution < 1.29 is 18.9 Å². The van der Waals surface area contributed by atoms with Gasteiger partial charge in [-0.1, -0.05) is 6.08 Å². The predicted molar refractivity (Wildman–Crippen MR) is 35.3 cm³/mol. The average Bonchev–Trinajstić information content (AvgIpc) is 1.59. The van der Waals surface area contributed by atoms with Crippen molar-refractivity contribution in [2.45, 2.75) is 0 Å². The minimum atomic E-state index is -4.25. The Kier molecular flexibility index (Phi) is 7.82. The van der Waals surface area contributed by atoms with Crippen LogP contribution in [0.1, 0.15) is 0 Å². The molecule has 0 radical (unpaired) electrons. The molecule has 0 aliphatic heterocycles. The van der Waals surface area contributed by atoms with Crippen LogP contribution in [0, 0.1) is 0 Å². The first kappa shape index (κ1) is 12.5. The average molecular weight is 162 g/mol. The van der Waals surface area contributed by atoms with Gasteiger partial charge in [-0.3, -0.25) is 4.52 Å². The third-order valence-corrected chi connectivity index (χ3v) is 0.846. The van der Waals surface area contributed by atoms with Crippen molar-refractivity contribution >= 4 is 37.4 Å². The molecule has 0 fully saturated rings.